The molecule has 138 valence electrons. The van der Waals surface area contributed by atoms with Crippen molar-refractivity contribution in [1.29, 1.82) is 0 Å². The summed E-state index contributed by atoms with van der Waals surface area (Å²) in [5.74, 6) is 7.87. The summed E-state index contributed by atoms with van der Waals surface area (Å²) in [5.41, 5.74) is 7.31. The van der Waals surface area contributed by atoms with Gasteiger partial charge in [0.05, 0.1) is 6.54 Å². The zero-order valence-corrected chi connectivity index (χ0v) is 14.9. The molecule has 1 saturated carbocycles. The van der Waals surface area contributed by atoms with Gasteiger partial charge in [0.25, 0.3) is 0 Å². The van der Waals surface area contributed by atoms with Crippen LogP contribution >= 0.6 is 0 Å². The molecule has 27 heavy (non-hydrogen) atoms. The zero-order valence-electron chi connectivity index (χ0n) is 14.9. The van der Waals surface area contributed by atoms with Crippen molar-refractivity contribution in [2.75, 3.05) is 0 Å². The van der Waals surface area contributed by atoms with Gasteiger partial charge in [-0.1, -0.05) is 11.1 Å². The third kappa shape index (κ3) is 4.19. The van der Waals surface area contributed by atoms with Crippen molar-refractivity contribution >= 4 is 0 Å². The molecule has 4 rings (SSSR count). The summed E-state index contributed by atoms with van der Waals surface area (Å²) in [6.45, 7) is 2.13. The number of nitrogens with two attached hydrogens (primary N) is 1. The van der Waals surface area contributed by atoms with Gasteiger partial charge >= 0.3 is 0 Å². The van der Waals surface area contributed by atoms with Gasteiger partial charge in [-0.2, -0.15) is 0 Å². The number of hydrogen-bond acceptors (Lipinski definition) is 6. The fourth-order valence-corrected chi connectivity index (χ4v) is 2.69. The van der Waals surface area contributed by atoms with Gasteiger partial charge in [0.15, 0.2) is 0 Å². The molecule has 2 aromatic heterocycles. The van der Waals surface area contributed by atoms with Gasteiger partial charge in [-0.25, -0.2) is 4.98 Å². The van der Waals surface area contributed by atoms with E-state index in [1.807, 2.05) is 28.8 Å². The Labute approximate surface area is 156 Å². The molecule has 0 spiro atoms. The number of aliphatic hydroxyl groups is 1. The van der Waals surface area contributed by atoms with Crippen molar-refractivity contribution in [2.24, 2.45) is 5.73 Å². The molecular weight excluding hydrogens is 344 g/mol. The van der Waals surface area contributed by atoms with Crippen molar-refractivity contribution in [1.82, 2.24) is 14.7 Å². The van der Waals surface area contributed by atoms with Crippen molar-refractivity contribution in [3.05, 3.63) is 65.6 Å². The Morgan fingerprint density at radius 1 is 1.37 bits per heavy atom. The zero-order chi connectivity index (χ0) is 18.8. The molecule has 7 heteroatoms. The summed E-state index contributed by atoms with van der Waals surface area (Å²) in [7, 11) is 0. The molecule has 0 aliphatic heterocycles. The second-order valence-corrected chi connectivity index (χ2v) is 6.60. The van der Waals surface area contributed by atoms with E-state index in [1.54, 1.807) is 25.4 Å². The van der Waals surface area contributed by atoms with Gasteiger partial charge < -0.3 is 24.7 Å². The third-order valence-electron chi connectivity index (χ3n) is 4.26. The number of benzene rings is 1. The molecule has 1 aliphatic carbocycles. The molecule has 2 unspecified atom stereocenters. The normalized spacial score (nSPS) is 19.2. The number of hydrogen-bond donors (Lipinski definition) is 2. The van der Waals surface area contributed by atoms with Crippen LogP contribution in [-0.2, 0) is 6.54 Å². The lowest BCUT2D eigenvalue weighted by molar-refractivity contribution is 0.184. The molecule has 1 fully saturated rings. The van der Waals surface area contributed by atoms with E-state index < -0.39 is 6.10 Å². The van der Waals surface area contributed by atoms with Crippen molar-refractivity contribution in [3.8, 4) is 17.6 Å². The molecule has 1 aromatic carbocycles. The average Bonchev–Trinajstić information content (AvgIpc) is 3.05. The first-order valence-corrected chi connectivity index (χ1v) is 8.77. The van der Waals surface area contributed by atoms with Gasteiger partial charge in [0.2, 0.25) is 5.76 Å². The maximum atomic E-state index is 9.71. The number of imidazole rings is 1. The molecule has 0 saturated heterocycles. The fraction of sp³-hybridized carbons (Fsp3) is 0.300. The van der Waals surface area contributed by atoms with Crippen LogP contribution in [0, 0.1) is 11.8 Å². The Bertz CT molecular complexity index is 979. The molecule has 1 aliphatic rings. The van der Waals surface area contributed by atoms with Gasteiger partial charge in [0, 0.05) is 36.5 Å². The van der Waals surface area contributed by atoms with Crippen molar-refractivity contribution < 1.29 is 14.4 Å². The smallest absolute Gasteiger partial charge is 0.210 e. The minimum absolute atomic E-state index is 0.138. The second-order valence-electron chi connectivity index (χ2n) is 6.60. The van der Waals surface area contributed by atoms with E-state index in [2.05, 4.69) is 22.0 Å². The maximum Gasteiger partial charge on any atom is 0.210 e. The Balaban J connectivity index is 1.40. The van der Waals surface area contributed by atoms with Crippen molar-refractivity contribution in [3.63, 3.8) is 0 Å². The molecule has 3 atom stereocenters. The number of ether oxygens (including phenoxy) is 1. The van der Waals surface area contributed by atoms with Gasteiger partial charge in [-0.05, 0) is 37.1 Å². The minimum atomic E-state index is -0.645. The molecule has 7 nitrogen and oxygen atoms in total. The monoisotopic (exact) mass is 364 g/mol. The molecule has 0 radical (unpaired) electrons. The number of nitrogens with zero attached hydrogens (tertiary/aromatic N) is 3. The van der Waals surface area contributed by atoms with Crippen LogP contribution in [0.2, 0.25) is 0 Å². The van der Waals surface area contributed by atoms with Crippen LogP contribution in [0.25, 0.3) is 0 Å². The Hall–Kier alpha value is -3.08. The summed E-state index contributed by atoms with van der Waals surface area (Å²) in [6.07, 6.45) is 3.84. The van der Waals surface area contributed by atoms with E-state index in [1.165, 1.54) is 0 Å². The highest BCUT2D eigenvalue weighted by Gasteiger charge is 2.35. The summed E-state index contributed by atoms with van der Waals surface area (Å²) in [4.78, 5) is 4.14. The topological polar surface area (TPSA) is 99.3 Å². The van der Waals surface area contributed by atoms with Crippen molar-refractivity contribution in [2.45, 2.75) is 38.1 Å². The first kappa shape index (κ1) is 17.3. The van der Waals surface area contributed by atoms with E-state index in [4.69, 9.17) is 15.0 Å². The minimum Gasteiger partial charge on any atom is -0.489 e. The van der Waals surface area contributed by atoms with E-state index in [9.17, 15) is 5.11 Å². The van der Waals surface area contributed by atoms with E-state index >= 15 is 0 Å². The van der Waals surface area contributed by atoms with Crippen LogP contribution in [0.1, 0.15) is 42.3 Å². The van der Waals surface area contributed by atoms with Crippen LogP contribution in [0.15, 0.2) is 47.2 Å². The summed E-state index contributed by atoms with van der Waals surface area (Å²) >= 11 is 0. The first-order valence-electron chi connectivity index (χ1n) is 8.77. The highest BCUT2D eigenvalue weighted by Crippen LogP contribution is 2.25. The van der Waals surface area contributed by atoms with E-state index in [-0.39, 0.29) is 12.1 Å². The summed E-state index contributed by atoms with van der Waals surface area (Å²) in [6, 6.07) is 9.51. The predicted octanol–water partition coefficient (Wildman–Crippen LogP) is 1.85. The summed E-state index contributed by atoms with van der Waals surface area (Å²) in [5, 5.41) is 13.7. The molecule has 0 bridgehead atoms. The largest absolute Gasteiger partial charge is 0.489 e. The van der Waals surface area contributed by atoms with E-state index in [0.29, 0.717) is 23.8 Å². The molecule has 0 amide bonds. The van der Waals surface area contributed by atoms with Crippen LogP contribution in [0.3, 0.4) is 0 Å². The van der Waals surface area contributed by atoms with Gasteiger partial charge in [-0.15, -0.1) is 0 Å². The Kier molecular flexibility index (Phi) is 4.67. The number of aliphatic hydroxyl groups excluding tert-OH is 1. The molecule has 3 aromatic rings. The van der Waals surface area contributed by atoms with Gasteiger partial charge in [0.1, 0.15) is 29.5 Å². The maximum absolute atomic E-state index is 9.71. The quantitative estimate of drug-likeness (QED) is 0.671. The first-order chi connectivity index (χ1) is 13.1. The fourth-order valence-electron chi connectivity index (χ4n) is 2.69. The van der Waals surface area contributed by atoms with Crippen LogP contribution in [-0.4, -0.2) is 32.0 Å². The highest BCUT2D eigenvalue weighted by atomic mass is 16.5. The lowest BCUT2D eigenvalue weighted by atomic mass is 10.2. The SMILES string of the molecule is C[C@H](O)c1nccn1Cc1cc(C#Cc2ccc(OC3CC3N)cc2)on1. The molecular formula is C20H20N4O3. The van der Waals surface area contributed by atoms with Crippen LogP contribution < -0.4 is 10.5 Å². The Morgan fingerprint density at radius 3 is 2.85 bits per heavy atom. The van der Waals surface area contributed by atoms with Crippen LogP contribution in [0.5, 0.6) is 5.75 Å². The number of aromatic nitrogens is 3. The third-order valence-corrected chi connectivity index (χ3v) is 4.26. The molecule has 2 heterocycles. The predicted molar refractivity (Wildman–Crippen MR) is 97.9 cm³/mol. The molecule has 3 N–H and O–H groups in total. The van der Waals surface area contributed by atoms with Crippen LogP contribution in [0.4, 0.5) is 0 Å². The standard InChI is InChI=1S/C20H20N4O3/c1-13(25)20-22-8-9-24(20)12-15-10-17(27-23-15)7-4-14-2-5-16(6-3-14)26-19-11-18(19)21/h2-3,5-6,8-10,13,18-19,25H,11-12,21H2,1H3/t13-,18?,19?/m0/s1. The highest BCUT2D eigenvalue weighted by molar-refractivity contribution is 5.42. The lowest BCUT2D eigenvalue weighted by Gasteiger charge is -2.07. The second kappa shape index (κ2) is 7.27. The lowest BCUT2D eigenvalue weighted by Crippen LogP contribution is -2.10. The average molecular weight is 364 g/mol. The summed E-state index contributed by atoms with van der Waals surface area (Å²) < 4.78 is 12.8. The van der Waals surface area contributed by atoms with E-state index in [0.717, 1.165) is 17.7 Å². The van der Waals surface area contributed by atoms with Gasteiger partial charge in [-0.3, -0.25) is 0 Å². The Morgan fingerprint density at radius 2 is 2.15 bits per heavy atom. The number of rotatable bonds is 5.